The van der Waals surface area contributed by atoms with E-state index in [0.717, 1.165) is 5.76 Å². The van der Waals surface area contributed by atoms with Crippen molar-refractivity contribution in [1.82, 2.24) is 5.32 Å². The molecule has 2 N–H and O–H groups in total. The fraction of sp³-hybridized carbons (Fsp3) is 0.0909. The number of carbonyl (C=O) groups is 2. The number of anilines is 1. The van der Waals surface area contributed by atoms with Crippen LogP contribution in [0.25, 0.3) is 6.08 Å². The minimum absolute atomic E-state index is 0.317. The lowest BCUT2D eigenvalue weighted by molar-refractivity contribution is -0.123. The highest BCUT2D eigenvalue weighted by Crippen LogP contribution is 2.16. The van der Waals surface area contributed by atoms with E-state index in [4.69, 9.17) is 4.42 Å². The van der Waals surface area contributed by atoms with Crippen LogP contribution in [-0.2, 0) is 9.59 Å². The monoisotopic (exact) mass is 360 g/mol. The number of nitrogens with one attached hydrogen (secondary N) is 2. The van der Waals surface area contributed by atoms with Gasteiger partial charge in [0, 0.05) is 11.8 Å². The van der Waals surface area contributed by atoms with Crippen LogP contribution in [-0.4, -0.2) is 11.8 Å². The van der Waals surface area contributed by atoms with Crippen LogP contribution in [0.5, 0.6) is 0 Å². The molecule has 1 unspecified atom stereocenters. The predicted octanol–water partition coefficient (Wildman–Crippen LogP) is 4.10. The Morgan fingerprint density at radius 2 is 1.59 bits per heavy atom. The van der Waals surface area contributed by atoms with Crippen molar-refractivity contribution in [2.45, 2.75) is 13.0 Å². The average Bonchev–Trinajstić information content (AvgIpc) is 3.11. The van der Waals surface area contributed by atoms with Gasteiger partial charge in [-0.2, -0.15) is 0 Å². The molecule has 0 fully saturated rings. The normalized spacial score (nSPS) is 11.9. The first kappa shape index (κ1) is 18.2. The van der Waals surface area contributed by atoms with Gasteiger partial charge < -0.3 is 15.1 Å². The maximum atomic E-state index is 12.8. The maximum absolute atomic E-state index is 12.8. The van der Waals surface area contributed by atoms with Gasteiger partial charge >= 0.3 is 0 Å². The molecule has 3 aromatic rings. The molecule has 0 spiro atoms. The summed E-state index contributed by atoms with van der Waals surface area (Å²) in [5, 5.41) is 5.58. The average molecular weight is 360 g/mol. The molecule has 2 amide bonds. The van der Waals surface area contributed by atoms with Gasteiger partial charge in [0.15, 0.2) is 0 Å². The van der Waals surface area contributed by atoms with Gasteiger partial charge in [0.1, 0.15) is 17.6 Å². The summed E-state index contributed by atoms with van der Waals surface area (Å²) in [6.45, 7) is 1.83. The second kappa shape index (κ2) is 8.67. The molecule has 2 aromatic carbocycles. The van der Waals surface area contributed by atoms with Crippen LogP contribution in [0.2, 0.25) is 0 Å². The standard InChI is InChI=1S/C22H20N2O3/c1-16-12-13-19(27-16)14-15-20(25)24-21(17-8-4-2-5-9-17)22(26)23-18-10-6-3-7-11-18/h2-15,21H,1H3,(H,23,26)(H,24,25). The highest BCUT2D eigenvalue weighted by atomic mass is 16.3. The smallest absolute Gasteiger partial charge is 0.251 e. The first-order valence-corrected chi connectivity index (χ1v) is 8.58. The van der Waals surface area contributed by atoms with Gasteiger partial charge in [-0.25, -0.2) is 0 Å². The molecule has 3 rings (SSSR count). The van der Waals surface area contributed by atoms with E-state index in [1.807, 2.05) is 49.4 Å². The third-order valence-electron chi connectivity index (χ3n) is 3.88. The van der Waals surface area contributed by atoms with Gasteiger partial charge in [-0.1, -0.05) is 48.5 Å². The van der Waals surface area contributed by atoms with Gasteiger partial charge in [-0.3, -0.25) is 9.59 Å². The Hall–Kier alpha value is -3.60. The van der Waals surface area contributed by atoms with Crippen molar-refractivity contribution in [3.8, 4) is 0 Å². The van der Waals surface area contributed by atoms with E-state index in [0.29, 0.717) is 17.0 Å². The van der Waals surface area contributed by atoms with Gasteiger partial charge in [0.05, 0.1) is 0 Å². The highest BCUT2D eigenvalue weighted by Gasteiger charge is 2.22. The number of hydrogen-bond acceptors (Lipinski definition) is 3. The quantitative estimate of drug-likeness (QED) is 0.650. The minimum atomic E-state index is -0.818. The summed E-state index contributed by atoms with van der Waals surface area (Å²) in [6.07, 6.45) is 2.92. The molecule has 5 heteroatoms. The van der Waals surface area contributed by atoms with Gasteiger partial charge in [-0.05, 0) is 42.8 Å². The van der Waals surface area contributed by atoms with E-state index < -0.39 is 6.04 Å². The number of rotatable bonds is 6. The second-order valence-electron chi connectivity index (χ2n) is 5.99. The molecular formula is C22H20N2O3. The van der Waals surface area contributed by atoms with Crippen LogP contribution in [0.15, 0.2) is 83.3 Å². The summed E-state index contributed by atoms with van der Waals surface area (Å²) >= 11 is 0. The van der Waals surface area contributed by atoms with E-state index in [1.54, 1.807) is 36.4 Å². The van der Waals surface area contributed by atoms with E-state index in [1.165, 1.54) is 6.08 Å². The van der Waals surface area contributed by atoms with Crippen LogP contribution in [0.1, 0.15) is 23.1 Å². The minimum Gasteiger partial charge on any atom is -0.462 e. The summed E-state index contributed by atoms with van der Waals surface area (Å²) in [7, 11) is 0. The van der Waals surface area contributed by atoms with E-state index in [9.17, 15) is 9.59 Å². The SMILES string of the molecule is Cc1ccc(C=CC(=O)NC(C(=O)Nc2ccccc2)c2ccccc2)o1. The summed E-state index contributed by atoms with van der Waals surface area (Å²) in [6, 6.07) is 21.0. The number of para-hydroxylation sites is 1. The molecule has 27 heavy (non-hydrogen) atoms. The summed E-state index contributed by atoms with van der Waals surface area (Å²) in [5.41, 5.74) is 1.36. The molecular weight excluding hydrogens is 340 g/mol. The third-order valence-corrected chi connectivity index (χ3v) is 3.88. The number of hydrogen-bond donors (Lipinski definition) is 2. The van der Waals surface area contributed by atoms with Crippen LogP contribution < -0.4 is 10.6 Å². The van der Waals surface area contributed by atoms with Gasteiger partial charge in [0.2, 0.25) is 5.91 Å². The van der Waals surface area contributed by atoms with E-state index >= 15 is 0 Å². The molecule has 0 saturated heterocycles. The van der Waals surface area contributed by atoms with Crippen molar-refractivity contribution in [3.63, 3.8) is 0 Å². The van der Waals surface area contributed by atoms with Gasteiger partial charge in [0.25, 0.3) is 5.91 Å². The third kappa shape index (κ3) is 5.19. The number of furan rings is 1. The molecule has 1 aromatic heterocycles. The van der Waals surface area contributed by atoms with Crippen molar-refractivity contribution >= 4 is 23.6 Å². The molecule has 0 aliphatic rings. The first-order chi connectivity index (χ1) is 13.1. The first-order valence-electron chi connectivity index (χ1n) is 8.58. The lowest BCUT2D eigenvalue weighted by Gasteiger charge is -2.18. The van der Waals surface area contributed by atoms with Crippen LogP contribution in [0, 0.1) is 6.92 Å². The Labute approximate surface area is 157 Å². The Bertz CT molecular complexity index is 930. The Morgan fingerprint density at radius 3 is 2.22 bits per heavy atom. The van der Waals surface area contributed by atoms with Gasteiger partial charge in [-0.15, -0.1) is 0 Å². The fourth-order valence-electron chi connectivity index (χ4n) is 2.57. The number of benzene rings is 2. The molecule has 136 valence electrons. The molecule has 0 radical (unpaired) electrons. The lowest BCUT2D eigenvalue weighted by atomic mass is 10.1. The zero-order chi connectivity index (χ0) is 19.1. The maximum Gasteiger partial charge on any atom is 0.251 e. The Morgan fingerprint density at radius 1 is 0.926 bits per heavy atom. The highest BCUT2D eigenvalue weighted by molar-refractivity contribution is 6.00. The van der Waals surface area contributed by atoms with Crippen molar-refractivity contribution in [3.05, 3.63) is 96.0 Å². The molecule has 0 aliphatic carbocycles. The largest absolute Gasteiger partial charge is 0.462 e. The number of carbonyl (C=O) groups excluding carboxylic acids is 2. The Kier molecular flexibility index (Phi) is 5.84. The molecule has 1 heterocycles. The fourth-order valence-corrected chi connectivity index (χ4v) is 2.57. The molecule has 0 bridgehead atoms. The van der Waals surface area contributed by atoms with Crippen LogP contribution in [0.4, 0.5) is 5.69 Å². The topological polar surface area (TPSA) is 71.3 Å². The van der Waals surface area contributed by atoms with E-state index in [-0.39, 0.29) is 11.8 Å². The molecule has 0 aliphatic heterocycles. The predicted molar refractivity (Wildman–Crippen MR) is 105 cm³/mol. The second-order valence-corrected chi connectivity index (χ2v) is 5.99. The lowest BCUT2D eigenvalue weighted by Crippen LogP contribution is -2.36. The molecule has 1 atom stereocenters. The zero-order valence-corrected chi connectivity index (χ0v) is 14.9. The van der Waals surface area contributed by atoms with Crippen LogP contribution in [0.3, 0.4) is 0 Å². The molecule has 5 nitrogen and oxygen atoms in total. The Balaban J connectivity index is 1.74. The van der Waals surface area contributed by atoms with Crippen molar-refractivity contribution in [2.75, 3.05) is 5.32 Å². The molecule has 0 saturated carbocycles. The van der Waals surface area contributed by atoms with Crippen molar-refractivity contribution in [2.24, 2.45) is 0 Å². The zero-order valence-electron chi connectivity index (χ0n) is 14.9. The van der Waals surface area contributed by atoms with Crippen LogP contribution >= 0.6 is 0 Å². The number of amides is 2. The van der Waals surface area contributed by atoms with Crippen molar-refractivity contribution in [1.29, 1.82) is 0 Å². The summed E-state index contributed by atoms with van der Waals surface area (Å²) in [4.78, 5) is 25.1. The number of aryl methyl sites for hydroxylation is 1. The van der Waals surface area contributed by atoms with Crippen molar-refractivity contribution < 1.29 is 14.0 Å². The summed E-state index contributed by atoms with van der Waals surface area (Å²) < 4.78 is 5.40. The summed E-state index contributed by atoms with van der Waals surface area (Å²) in [5.74, 6) is 0.635. The van der Waals surface area contributed by atoms with E-state index in [2.05, 4.69) is 10.6 Å².